The zero-order valence-electron chi connectivity index (χ0n) is 14.0. The van der Waals surface area contributed by atoms with Crippen molar-refractivity contribution in [1.29, 1.82) is 0 Å². The zero-order chi connectivity index (χ0) is 20.4. The summed E-state index contributed by atoms with van der Waals surface area (Å²) in [6, 6.07) is 8.97. The second kappa shape index (κ2) is 8.08. The molecule has 9 heteroatoms. The number of nitrogens with zero attached hydrogens (tertiary/aromatic N) is 1. The Morgan fingerprint density at radius 1 is 1.04 bits per heavy atom. The summed E-state index contributed by atoms with van der Waals surface area (Å²) in [7, 11) is 0. The fraction of sp³-hybridized carbons (Fsp3) is 0.0526. The highest BCUT2D eigenvalue weighted by atomic mass is 35.5. The van der Waals surface area contributed by atoms with Crippen molar-refractivity contribution in [3.8, 4) is 0 Å². The molecule has 0 radical (unpaired) electrons. The number of carbonyl (C=O) groups is 1. The summed E-state index contributed by atoms with van der Waals surface area (Å²) in [5, 5.41) is 2.85. The minimum absolute atomic E-state index is 0.0650. The van der Waals surface area contributed by atoms with E-state index in [9.17, 15) is 22.8 Å². The molecular weight excluding hydrogens is 416 g/mol. The maximum absolute atomic E-state index is 13.7. The molecule has 0 aliphatic rings. The van der Waals surface area contributed by atoms with Gasteiger partial charge >= 0.3 is 0 Å². The Balaban J connectivity index is 1.89. The normalized spacial score (nSPS) is 10.8. The third-order valence-electron chi connectivity index (χ3n) is 3.90. The summed E-state index contributed by atoms with van der Waals surface area (Å²) in [6.45, 7) is 0.0650. The minimum atomic E-state index is -1.72. The average Bonchev–Trinajstić information content (AvgIpc) is 2.66. The molecule has 4 nitrogen and oxygen atoms in total. The maximum Gasteiger partial charge on any atom is 0.263 e. The topological polar surface area (TPSA) is 51.1 Å². The lowest BCUT2D eigenvalue weighted by Gasteiger charge is -2.11. The molecule has 0 saturated heterocycles. The van der Waals surface area contributed by atoms with Crippen molar-refractivity contribution < 1.29 is 18.0 Å². The minimum Gasteiger partial charge on any atom is -0.319 e. The number of aromatic nitrogens is 1. The van der Waals surface area contributed by atoms with Gasteiger partial charge in [-0.1, -0.05) is 29.3 Å². The molecule has 0 spiro atoms. The summed E-state index contributed by atoms with van der Waals surface area (Å²) < 4.78 is 41.3. The SMILES string of the molecule is O=C(Nc1ccc(F)c(F)c1F)c1cccn(Cc2ccc(Cl)cc2Cl)c1=O. The van der Waals surface area contributed by atoms with Crippen LogP contribution >= 0.6 is 23.2 Å². The molecule has 0 aliphatic heterocycles. The van der Waals surface area contributed by atoms with Crippen molar-refractivity contribution in [1.82, 2.24) is 4.57 Å². The lowest BCUT2D eigenvalue weighted by molar-refractivity contribution is 0.102. The molecule has 1 heterocycles. The number of benzene rings is 2. The number of amides is 1. The van der Waals surface area contributed by atoms with Gasteiger partial charge in [-0.3, -0.25) is 9.59 Å². The Hall–Kier alpha value is -2.77. The van der Waals surface area contributed by atoms with E-state index in [4.69, 9.17) is 23.2 Å². The van der Waals surface area contributed by atoms with Crippen LogP contribution < -0.4 is 10.9 Å². The average molecular weight is 427 g/mol. The molecule has 28 heavy (non-hydrogen) atoms. The number of rotatable bonds is 4. The molecule has 0 saturated carbocycles. The van der Waals surface area contributed by atoms with Crippen LogP contribution in [-0.4, -0.2) is 10.5 Å². The highest BCUT2D eigenvalue weighted by Gasteiger charge is 2.18. The molecule has 0 unspecified atom stereocenters. The van der Waals surface area contributed by atoms with E-state index >= 15 is 0 Å². The Labute approximate surface area is 167 Å². The van der Waals surface area contributed by atoms with Gasteiger partial charge in [-0.05, 0) is 42.0 Å². The largest absolute Gasteiger partial charge is 0.319 e. The summed E-state index contributed by atoms with van der Waals surface area (Å²) in [4.78, 5) is 24.9. The highest BCUT2D eigenvalue weighted by molar-refractivity contribution is 6.35. The molecule has 1 N–H and O–H groups in total. The highest BCUT2D eigenvalue weighted by Crippen LogP contribution is 2.22. The van der Waals surface area contributed by atoms with E-state index in [0.717, 1.165) is 6.07 Å². The monoisotopic (exact) mass is 426 g/mol. The van der Waals surface area contributed by atoms with Crippen LogP contribution in [0.15, 0.2) is 53.5 Å². The summed E-state index contributed by atoms with van der Waals surface area (Å²) >= 11 is 11.9. The van der Waals surface area contributed by atoms with Crippen molar-refractivity contribution >= 4 is 34.8 Å². The lowest BCUT2D eigenvalue weighted by Crippen LogP contribution is -2.29. The predicted molar refractivity (Wildman–Crippen MR) is 101 cm³/mol. The van der Waals surface area contributed by atoms with Gasteiger partial charge in [0.1, 0.15) is 5.56 Å². The van der Waals surface area contributed by atoms with E-state index in [1.54, 1.807) is 12.1 Å². The summed E-state index contributed by atoms with van der Waals surface area (Å²) in [6.07, 6.45) is 1.45. The molecule has 3 rings (SSSR count). The number of halogens is 5. The first-order chi connectivity index (χ1) is 13.3. The molecule has 0 fully saturated rings. The number of hydrogen-bond acceptors (Lipinski definition) is 2. The van der Waals surface area contributed by atoms with Crippen LogP contribution in [0.3, 0.4) is 0 Å². The predicted octanol–water partition coefficient (Wildman–Crippen LogP) is 4.87. The van der Waals surface area contributed by atoms with Crippen LogP contribution in [0.25, 0.3) is 0 Å². The van der Waals surface area contributed by atoms with Gasteiger partial charge in [0, 0.05) is 16.2 Å². The van der Waals surface area contributed by atoms with Crippen molar-refractivity contribution in [3.05, 3.63) is 97.6 Å². The van der Waals surface area contributed by atoms with E-state index in [2.05, 4.69) is 5.32 Å². The standard InChI is InChI=1S/C19H11Cl2F3N2O2/c20-11-4-3-10(13(21)8-11)9-26-7-1-2-12(19(26)28)18(27)25-15-6-5-14(22)16(23)17(15)24/h1-8H,9H2,(H,25,27). The Morgan fingerprint density at radius 2 is 1.79 bits per heavy atom. The maximum atomic E-state index is 13.7. The van der Waals surface area contributed by atoms with E-state index in [1.807, 2.05) is 0 Å². The molecule has 3 aromatic rings. The molecule has 1 aromatic heterocycles. The van der Waals surface area contributed by atoms with Crippen LogP contribution in [0.1, 0.15) is 15.9 Å². The van der Waals surface area contributed by atoms with Crippen LogP contribution in [0.4, 0.5) is 18.9 Å². The molecule has 0 atom stereocenters. The molecule has 2 aromatic carbocycles. The number of pyridine rings is 1. The van der Waals surface area contributed by atoms with Crippen molar-refractivity contribution in [2.75, 3.05) is 5.32 Å². The lowest BCUT2D eigenvalue weighted by atomic mass is 10.2. The zero-order valence-corrected chi connectivity index (χ0v) is 15.5. The van der Waals surface area contributed by atoms with Gasteiger partial charge < -0.3 is 9.88 Å². The molecule has 144 valence electrons. The van der Waals surface area contributed by atoms with Gasteiger partial charge in [0.25, 0.3) is 11.5 Å². The quantitative estimate of drug-likeness (QED) is 0.604. The van der Waals surface area contributed by atoms with Crippen molar-refractivity contribution in [3.63, 3.8) is 0 Å². The van der Waals surface area contributed by atoms with Gasteiger partial charge in [-0.15, -0.1) is 0 Å². The van der Waals surface area contributed by atoms with Gasteiger partial charge in [-0.2, -0.15) is 0 Å². The van der Waals surface area contributed by atoms with Gasteiger partial charge in [0.15, 0.2) is 17.5 Å². The van der Waals surface area contributed by atoms with Gasteiger partial charge in [0.2, 0.25) is 0 Å². The van der Waals surface area contributed by atoms with E-state index in [0.29, 0.717) is 21.7 Å². The Kier molecular flexibility index (Phi) is 5.76. The number of hydrogen-bond donors (Lipinski definition) is 1. The fourth-order valence-electron chi connectivity index (χ4n) is 2.48. The van der Waals surface area contributed by atoms with E-state index in [1.165, 1.54) is 29.0 Å². The first-order valence-electron chi connectivity index (χ1n) is 7.86. The summed E-state index contributed by atoms with van der Waals surface area (Å²) in [5.74, 6) is -5.64. The van der Waals surface area contributed by atoms with Crippen LogP contribution in [-0.2, 0) is 6.54 Å². The first kappa shape index (κ1) is 20.0. The number of anilines is 1. The molecule has 1 amide bonds. The number of carbonyl (C=O) groups excluding carboxylic acids is 1. The first-order valence-corrected chi connectivity index (χ1v) is 8.61. The van der Waals surface area contributed by atoms with Crippen LogP contribution in [0.2, 0.25) is 10.0 Å². The van der Waals surface area contributed by atoms with Gasteiger partial charge in [-0.25, -0.2) is 13.2 Å². The second-order valence-corrected chi connectivity index (χ2v) is 6.61. The third kappa shape index (κ3) is 4.05. The third-order valence-corrected chi connectivity index (χ3v) is 4.49. The molecule has 0 aliphatic carbocycles. The molecular formula is C19H11Cl2F3N2O2. The van der Waals surface area contributed by atoms with Crippen molar-refractivity contribution in [2.24, 2.45) is 0 Å². The number of nitrogens with one attached hydrogen (secondary N) is 1. The summed E-state index contributed by atoms with van der Waals surface area (Å²) in [5.41, 5.74) is -0.970. The van der Waals surface area contributed by atoms with E-state index in [-0.39, 0.29) is 12.1 Å². The fourth-order valence-corrected chi connectivity index (χ4v) is 2.95. The van der Waals surface area contributed by atoms with Gasteiger partial charge in [0.05, 0.1) is 12.2 Å². The smallest absolute Gasteiger partial charge is 0.263 e. The Bertz CT molecular complexity index is 1130. The second-order valence-electron chi connectivity index (χ2n) is 5.77. The van der Waals surface area contributed by atoms with Crippen molar-refractivity contribution in [2.45, 2.75) is 6.54 Å². The van der Waals surface area contributed by atoms with E-state index < -0.39 is 34.6 Å². The Morgan fingerprint density at radius 3 is 2.50 bits per heavy atom. The van der Waals surface area contributed by atoms with Crippen LogP contribution in [0.5, 0.6) is 0 Å². The molecule has 0 bridgehead atoms. The van der Waals surface area contributed by atoms with Crippen LogP contribution in [0, 0.1) is 17.5 Å².